The first-order valence-electron chi connectivity index (χ1n) is 10.5. The second kappa shape index (κ2) is 13.2. The minimum Gasteiger partial charge on any atom is -0.490 e. The molecular weight excluding hydrogens is 334 g/mol. The summed E-state index contributed by atoms with van der Waals surface area (Å²) in [4.78, 5) is 0. The van der Waals surface area contributed by atoms with Gasteiger partial charge < -0.3 is 14.8 Å². The summed E-state index contributed by atoms with van der Waals surface area (Å²) in [5.41, 5.74) is 2.39. The van der Waals surface area contributed by atoms with Gasteiger partial charge in [0.2, 0.25) is 0 Å². The van der Waals surface area contributed by atoms with Crippen LogP contribution in [0.4, 0.5) is 0 Å². The van der Waals surface area contributed by atoms with Crippen molar-refractivity contribution in [2.24, 2.45) is 0 Å². The van der Waals surface area contributed by atoms with E-state index >= 15 is 0 Å². The Bertz CT molecular complexity index is 628. The molecule has 3 heteroatoms. The molecule has 0 atom stereocenters. The molecule has 0 radical (unpaired) electrons. The van der Waals surface area contributed by atoms with Crippen molar-refractivity contribution in [1.29, 1.82) is 0 Å². The van der Waals surface area contributed by atoms with Crippen LogP contribution in [0.2, 0.25) is 0 Å². The maximum Gasteiger partial charge on any atom is 0.161 e. The molecule has 0 unspecified atom stereocenters. The van der Waals surface area contributed by atoms with Gasteiger partial charge >= 0.3 is 0 Å². The number of benzene rings is 2. The Morgan fingerprint density at radius 3 is 2.30 bits per heavy atom. The third-order valence-corrected chi connectivity index (χ3v) is 4.58. The largest absolute Gasteiger partial charge is 0.490 e. The van der Waals surface area contributed by atoms with Crippen molar-refractivity contribution < 1.29 is 9.47 Å². The van der Waals surface area contributed by atoms with Crippen LogP contribution in [-0.2, 0) is 13.2 Å². The summed E-state index contributed by atoms with van der Waals surface area (Å²) in [6.07, 6.45) is 7.98. The van der Waals surface area contributed by atoms with Gasteiger partial charge in [0.25, 0.3) is 0 Å². The summed E-state index contributed by atoms with van der Waals surface area (Å²) in [5.74, 6) is 1.63. The van der Waals surface area contributed by atoms with Crippen molar-refractivity contribution in [3.63, 3.8) is 0 Å². The van der Waals surface area contributed by atoms with E-state index in [1.54, 1.807) is 0 Å². The van der Waals surface area contributed by atoms with Crippen LogP contribution in [0.1, 0.15) is 63.5 Å². The summed E-state index contributed by atoms with van der Waals surface area (Å²) in [6.45, 7) is 7.39. The lowest BCUT2D eigenvalue weighted by atomic mass is 10.1. The highest BCUT2D eigenvalue weighted by molar-refractivity contribution is 5.43. The molecule has 2 aromatic rings. The van der Waals surface area contributed by atoms with Gasteiger partial charge in [-0.05, 0) is 43.1 Å². The molecule has 0 bridgehead atoms. The second-order valence-electron chi connectivity index (χ2n) is 6.93. The minimum atomic E-state index is 0.552. The molecule has 148 valence electrons. The van der Waals surface area contributed by atoms with Gasteiger partial charge in [-0.25, -0.2) is 0 Å². The van der Waals surface area contributed by atoms with Gasteiger partial charge in [0, 0.05) is 6.54 Å². The zero-order valence-corrected chi connectivity index (χ0v) is 17.0. The Morgan fingerprint density at radius 1 is 0.741 bits per heavy atom. The molecule has 1 N–H and O–H groups in total. The summed E-state index contributed by atoms with van der Waals surface area (Å²) < 4.78 is 11.8. The number of rotatable bonds is 14. The average molecular weight is 370 g/mol. The van der Waals surface area contributed by atoms with Gasteiger partial charge in [0.05, 0.1) is 6.61 Å². The molecule has 0 aliphatic carbocycles. The van der Waals surface area contributed by atoms with E-state index in [0.717, 1.165) is 30.2 Å². The summed E-state index contributed by atoms with van der Waals surface area (Å²) in [5, 5.41) is 3.54. The van der Waals surface area contributed by atoms with E-state index in [4.69, 9.17) is 9.47 Å². The summed E-state index contributed by atoms with van der Waals surface area (Å²) >= 11 is 0. The molecule has 2 aromatic carbocycles. The molecule has 0 aliphatic heterocycles. The number of ether oxygens (including phenoxy) is 2. The van der Waals surface area contributed by atoms with E-state index in [1.807, 2.05) is 31.2 Å². The van der Waals surface area contributed by atoms with Crippen LogP contribution < -0.4 is 14.8 Å². The Hall–Kier alpha value is -2.00. The monoisotopic (exact) mass is 369 g/mol. The third-order valence-electron chi connectivity index (χ3n) is 4.58. The Morgan fingerprint density at radius 2 is 1.52 bits per heavy atom. The summed E-state index contributed by atoms with van der Waals surface area (Å²) in [6, 6.07) is 16.5. The van der Waals surface area contributed by atoms with E-state index in [0.29, 0.717) is 13.2 Å². The first-order valence-corrected chi connectivity index (χ1v) is 10.5. The molecular formula is C24H35NO2. The topological polar surface area (TPSA) is 30.5 Å². The number of unbranched alkanes of at least 4 members (excludes halogenated alkanes) is 5. The zero-order valence-electron chi connectivity index (χ0n) is 17.0. The Kier molecular flexibility index (Phi) is 10.4. The van der Waals surface area contributed by atoms with Gasteiger partial charge in [-0.15, -0.1) is 0 Å². The van der Waals surface area contributed by atoms with Gasteiger partial charge in [0.15, 0.2) is 11.5 Å². The highest BCUT2D eigenvalue weighted by Crippen LogP contribution is 2.29. The molecule has 0 fully saturated rings. The van der Waals surface area contributed by atoms with Crippen molar-refractivity contribution in [1.82, 2.24) is 5.32 Å². The normalized spacial score (nSPS) is 10.7. The maximum atomic E-state index is 5.98. The zero-order chi connectivity index (χ0) is 19.2. The van der Waals surface area contributed by atoms with Crippen LogP contribution in [0.5, 0.6) is 11.5 Å². The van der Waals surface area contributed by atoms with Crippen molar-refractivity contribution >= 4 is 0 Å². The van der Waals surface area contributed by atoms with Gasteiger partial charge in [0.1, 0.15) is 6.61 Å². The van der Waals surface area contributed by atoms with Crippen LogP contribution in [0, 0.1) is 0 Å². The molecule has 27 heavy (non-hydrogen) atoms. The number of hydrogen-bond donors (Lipinski definition) is 1. The van der Waals surface area contributed by atoms with Crippen LogP contribution in [0.15, 0.2) is 48.5 Å². The third kappa shape index (κ3) is 8.49. The fraction of sp³-hybridized carbons (Fsp3) is 0.500. The van der Waals surface area contributed by atoms with Crippen LogP contribution in [-0.4, -0.2) is 13.2 Å². The van der Waals surface area contributed by atoms with Crippen molar-refractivity contribution in [3.8, 4) is 11.5 Å². The number of nitrogens with one attached hydrogen (secondary N) is 1. The van der Waals surface area contributed by atoms with E-state index in [2.05, 4.69) is 36.5 Å². The lowest BCUT2D eigenvalue weighted by Gasteiger charge is -2.14. The van der Waals surface area contributed by atoms with Gasteiger partial charge in [-0.2, -0.15) is 0 Å². The fourth-order valence-electron chi connectivity index (χ4n) is 3.05. The lowest BCUT2D eigenvalue weighted by molar-refractivity contribution is 0.269. The van der Waals surface area contributed by atoms with E-state index in [9.17, 15) is 0 Å². The quantitative estimate of drug-likeness (QED) is 0.407. The molecule has 0 aromatic heterocycles. The maximum absolute atomic E-state index is 5.98. The smallest absolute Gasteiger partial charge is 0.161 e. The molecule has 0 spiro atoms. The fourth-order valence-corrected chi connectivity index (χ4v) is 3.05. The highest BCUT2D eigenvalue weighted by atomic mass is 16.5. The van der Waals surface area contributed by atoms with Crippen molar-refractivity contribution in [2.45, 2.75) is 65.5 Å². The molecule has 0 amide bonds. The van der Waals surface area contributed by atoms with E-state index < -0.39 is 0 Å². The standard InChI is InChI=1S/C24H35NO2/c1-3-5-6-7-8-12-17-25-19-22-15-16-23(24(18-22)26-4-2)27-20-21-13-10-9-11-14-21/h9-11,13-16,18,25H,3-8,12,17,19-20H2,1-2H3. The molecule has 3 nitrogen and oxygen atoms in total. The van der Waals surface area contributed by atoms with Gasteiger partial charge in [-0.1, -0.05) is 75.4 Å². The predicted octanol–water partition coefficient (Wildman–Crippen LogP) is 6.11. The number of hydrogen-bond acceptors (Lipinski definition) is 3. The molecule has 2 rings (SSSR count). The molecule has 0 saturated heterocycles. The first kappa shape index (κ1) is 21.3. The minimum absolute atomic E-state index is 0.552. The molecule has 0 aliphatic rings. The van der Waals surface area contributed by atoms with E-state index in [-0.39, 0.29) is 0 Å². The van der Waals surface area contributed by atoms with Crippen LogP contribution >= 0.6 is 0 Å². The van der Waals surface area contributed by atoms with Crippen LogP contribution in [0.3, 0.4) is 0 Å². The van der Waals surface area contributed by atoms with Crippen molar-refractivity contribution in [3.05, 3.63) is 59.7 Å². The van der Waals surface area contributed by atoms with Gasteiger partial charge in [-0.3, -0.25) is 0 Å². The SMILES string of the molecule is CCCCCCCCNCc1ccc(OCc2ccccc2)c(OCC)c1. The Labute approximate surface area is 165 Å². The predicted molar refractivity (Wildman–Crippen MR) is 113 cm³/mol. The first-order chi connectivity index (χ1) is 13.3. The lowest BCUT2D eigenvalue weighted by Crippen LogP contribution is -2.14. The average Bonchev–Trinajstić information content (AvgIpc) is 2.70. The summed E-state index contributed by atoms with van der Waals surface area (Å²) in [7, 11) is 0. The molecule has 0 heterocycles. The Balaban J connectivity index is 1.78. The highest BCUT2D eigenvalue weighted by Gasteiger charge is 2.07. The second-order valence-corrected chi connectivity index (χ2v) is 6.93. The van der Waals surface area contributed by atoms with E-state index in [1.165, 1.54) is 44.1 Å². The van der Waals surface area contributed by atoms with Crippen molar-refractivity contribution in [2.75, 3.05) is 13.2 Å². The molecule has 0 saturated carbocycles. The van der Waals surface area contributed by atoms with Crippen LogP contribution in [0.25, 0.3) is 0 Å².